The highest BCUT2D eigenvalue weighted by Gasteiger charge is 2.21. The summed E-state index contributed by atoms with van der Waals surface area (Å²) in [4.78, 5) is 13.2. The average Bonchev–Trinajstić information content (AvgIpc) is 2.38. The summed E-state index contributed by atoms with van der Waals surface area (Å²) in [5.41, 5.74) is 4.50. The minimum Gasteiger partial charge on any atom is -0.396 e. The number of anilines is 2. The van der Waals surface area contributed by atoms with Gasteiger partial charge in [0.2, 0.25) is 5.82 Å². The molecule has 1 heterocycles. The smallest absolute Gasteiger partial charge is 0.304 e. The van der Waals surface area contributed by atoms with Gasteiger partial charge in [-0.15, -0.1) is 0 Å². The van der Waals surface area contributed by atoms with E-state index in [9.17, 15) is 22.9 Å². The van der Waals surface area contributed by atoms with Crippen LogP contribution in [-0.2, 0) is 10.0 Å². The number of nitrogen functional groups attached to an aromatic ring is 1. The van der Waals surface area contributed by atoms with Crippen molar-refractivity contribution in [2.75, 3.05) is 10.5 Å². The van der Waals surface area contributed by atoms with Gasteiger partial charge in [-0.05, 0) is 18.2 Å². The van der Waals surface area contributed by atoms with E-state index in [4.69, 9.17) is 5.73 Å². The Hall–Kier alpha value is -2.75. The van der Waals surface area contributed by atoms with Crippen molar-refractivity contribution in [1.29, 1.82) is 0 Å². The van der Waals surface area contributed by atoms with Crippen molar-refractivity contribution in [1.82, 2.24) is 4.98 Å². The predicted octanol–water partition coefficient (Wildman–Crippen LogP) is 1.51. The van der Waals surface area contributed by atoms with Gasteiger partial charge in [0.25, 0.3) is 10.0 Å². The fourth-order valence-corrected chi connectivity index (χ4v) is 2.66. The number of benzene rings is 1. The molecule has 0 radical (unpaired) electrons. The second-order valence-corrected chi connectivity index (χ2v) is 5.52. The number of pyridine rings is 1. The maximum absolute atomic E-state index is 13.4. The zero-order valence-electron chi connectivity index (χ0n) is 10.4. The zero-order chi connectivity index (χ0) is 15.6. The van der Waals surface area contributed by atoms with Gasteiger partial charge in [-0.25, -0.2) is 4.98 Å². The molecular weight excluding hydrogens is 303 g/mol. The minimum absolute atomic E-state index is 0.0765. The van der Waals surface area contributed by atoms with Crippen molar-refractivity contribution >= 4 is 27.1 Å². The monoisotopic (exact) mass is 312 g/mol. The van der Waals surface area contributed by atoms with E-state index in [0.29, 0.717) is 6.07 Å². The second kappa shape index (κ2) is 5.32. The Morgan fingerprint density at radius 3 is 2.62 bits per heavy atom. The molecule has 0 aliphatic heterocycles. The van der Waals surface area contributed by atoms with Crippen LogP contribution in [0.3, 0.4) is 0 Å². The third-order valence-corrected chi connectivity index (χ3v) is 3.81. The Kier molecular flexibility index (Phi) is 3.72. The molecule has 0 atom stereocenters. The first-order chi connectivity index (χ1) is 9.81. The second-order valence-electron chi connectivity index (χ2n) is 3.93. The number of aromatic nitrogens is 1. The van der Waals surface area contributed by atoms with E-state index in [2.05, 4.69) is 4.98 Å². The van der Waals surface area contributed by atoms with E-state index in [1.807, 2.05) is 4.72 Å². The van der Waals surface area contributed by atoms with Crippen LogP contribution in [0.4, 0.5) is 21.5 Å². The number of nitrogens with zero attached hydrogens (tertiary/aromatic N) is 2. The molecule has 0 aliphatic rings. The van der Waals surface area contributed by atoms with Crippen molar-refractivity contribution in [2.24, 2.45) is 0 Å². The van der Waals surface area contributed by atoms with Crippen LogP contribution < -0.4 is 10.5 Å². The Morgan fingerprint density at radius 1 is 1.33 bits per heavy atom. The highest BCUT2D eigenvalue weighted by molar-refractivity contribution is 7.92. The standard InChI is InChI=1S/C11H9FN4O4S/c12-8-6-7(3-4-10(8)16(17)18)15-21(19,20)11-9(13)2-1-5-14-11/h1-6,15H,13H2. The van der Waals surface area contributed by atoms with E-state index in [1.54, 1.807) is 0 Å². The number of nitrogens with two attached hydrogens (primary N) is 1. The van der Waals surface area contributed by atoms with E-state index < -0.39 is 31.5 Å². The first kappa shape index (κ1) is 14.7. The number of nitro groups is 1. The molecule has 0 saturated carbocycles. The predicted molar refractivity (Wildman–Crippen MR) is 72.5 cm³/mol. The summed E-state index contributed by atoms with van der Waals surface area (Å²) in [5.74, 6) is -1.16. The quantitative estimate of drug-likeness (QED) is 0.650. The lowest BCUT2D eigenvalue weighted by Gasteiger charge is -2.09. The van der Waals surface area contributed by atoms with E-state index in [1.165, 1.54) is 18.3 Å². The van der Waals surface area contributed by atoms with Crippen LogP contribution in [-0.4, -0.2) is 18.3 Å². The summed E-state index contributed by atoms with van der Waals surface area (Å²) in [5, 5.41) is 10.1. The SMILES string of the molecule is Nc1cccnc1S(=O)(=O)Nc1ccc([N+](=O)[O-])c(F)c1. The molecule has 0 bridgehead atoms. The van der Waals surface area contributed by atoms with Crippen LogP contribution in [0.1, 0.15) is 0 Å². The van der Waals surface area contributed by atoms with Gasteiger partial charge in [0.15, 0.2) is 5.03 Å². The number of nitro benzene ring substituents is 1. The van der Waals surface area contributed by atoms with Gasteiger partial charge < -0.3 is 5.73 Å². The molecule has 2 aromatic rings. The highest BCUT2D eigenvalue weighted by Crippen LogP contribution is 2.23. The largest absolute Gasteiger partial charge is 0.396 e. The van der Waals surface area contributed by atoms with Crippen LogP contribution in [0, 0.1) is 15.9 Å². The third kappa shape index (κ3) is 3.05. The summed E-state index contributed by atoms with van der Waals surface area (Å²) >= 11 is 0. The van der Waals surface area contributed by atoms with Gasteiger partial charge in [0.05, 0.1) is 16.3 Å². The van der Waals surface area contributed by atoms with Crippen LogP contribution in [0.2, 0.25) is 0 Å². The number of hydrogen-bond acceptors (Lipinski definition) is 6. The Labute approximate surface area is 118 Å². The fourth-order valence-electron chi connectivity index (χ4n) is 1.55. The van der Waals surface area contributed by atoms with Crippen molar-refractivity contribution in [2.45, 2.75) is 5.03 Å². The lowest BCUT2D eigenvalue weighted by atomic mass is 10.3. The number of nitrogens with one attached hydrogen (secondary N) is 1. The minimum atomic E-state index is -4.12. The van der Waals surface area contributed by atoms with Crippen molar-refractivity contribution in [3.63, 3.8) is 0 Å². The molecule has 8 nitrogen and oxygen atoms in total. The first-order valence-electron chi connectivity index (χ1n) is 5.48. The molecule has 2 rings (SSSR count). The molecule has 0 amide bonds. The van der Waals surface area contributed by atoms with Crippen LogP contribution in [0.25, 0.3) is 0 Å². The molecule has 0 unspecified atom stereocenters. The fraction of sp³-hybridized carbons (Fsp3) is 0. The van der Waals surface area contributed by atoms with E-state index in [0.717, 1.165) is 12.1 Å². The maximum Gasteiger partial charge on any atom is 0.304 e. The molecule has 0 saturated heterocycles. The Morgan fingerprint density at radius 2 is 2.05 bits per heavy atom. The summed E-state index contributed by atoms with van der Waals surface area (Å²) in [7, 11) is -4.12. The molecule has 110 valence electrons. The molecule has 10 heteroatoms. The summed E-state index contributed by atoms with van der Waals surface area (Å²) in [6, 6.07) is 5.43. The van der Waals surface area contributed by atoms with Gasteiger partial charge in [0, 0.05) is 18.3 Å². The summed E-state index contributed by atoms with van der Waals surface area (Å²) in [6.45, 7) is 0. The molecule has 21 heavy (non-hydrogen) atoms. The highest BCUT2D eigenvalue weighted by atomic mass is 32.2. The average molecular weight is 312 g/mol. The topological polar surface area (TPSA) is 128 Å². The van der Waals surface area contributed by atoms with Crippen molar-refractivity contribution < 1.29 is 17.7 Å². The molecule has 1 aromatic carbocycles. The van der Waals surface area contributed by atoms with Crippen LogP contribution >= 0.6 is 0 Å². The van der Waals surface area contributed by atoms with Gasteiger partial charge in [-0.3, -0.25) is 14.8 Å². The zero-order valence-corrected chi connectivity index (χ0v) is 11.2. The van der Waals surface area contributed by atoms with Crippen LogP contribution in [0.15, 0.2) is 41.6 Å². The van der Waals surface area contributed by atoms with Gasteiger partial charge in [0.1, 0.15) is 0 Å². The molecule has 0 fully saturated rings. The first-order valence-corrected chi connectivity index (χ1v) is 6.97. The molecule has 3 N–H and O–H groups in total. The number of sulfonamides is 1. The van der Waals surface area contributed by atoms with Crippen LogP contribution in [0.5, 0.6) is 0 Å². The third-order valence-electron chi connectivity index (χ3n) is 2.45. The van der Waals surface area contributed by atoms with Crippen molar-refractivity contribution in [3.8, 4) is 0 Å². The van der Waals surface area contributed by atoms with Gasteiger partial charge in [-0.1, -0.05) is 0 Å². The summed E-state index contributed by atoms with van der Waals surface area (Å²) in [6.07, 6.45) is 1.24. The Balaban J connectivity index is 2.36. The normalized spacial score (nSPS) is 11.1. The van der Waals surface area contributed by atoms with Crippen molar-refractivity contribution in [3.05, 3.63) is 52.5 Å². The maximum atomic E-state index is 13.4. The van der Waals surface area contributed by atoms with E-state index >= 15 is 0 Å². The number of hydrogen-bond donors (Lipinski definition) is 2. The lowest BCUT2D eigenvalue weighted by molar-refractivity contribution is -0.387. The number of rotatable bonds is 4. The molecule has 0 spiro atoms. The molecule has 1 aromatic heterocycles. The van der Waals surface area contributed by atoms with Gasteiger partial charge in [-0.2, -0.15) is 12.8 Å². The van der Waals surface area contributed by atoms with Gasteiger partial charge >= 0.3 is 5.69 Å². The number of halogens is 1. The lowest BCUT2D eigenvalue weighted by Crippen LogP contribution is -2.16. The molecule has 0 aliphatic carbocycles. The van der Waals surface area contributed by atoms with E-state index in [-0.39, 0.29) is 11.4 Å². The Bertz CT molecular complexity index is 810. The summed E-state index contributed by atoms with van der Waals surface area (Å²) < 4.78 is 39.6. The molecular formula is C11H9FN4O4S.